The molecule has 0 aliphatic heterocycles. The molecular weight excluding hydrogens is 395 g/mol. The van der Waals surface area contributed by atoms with E-state index in [-0.39, 0.29) is 17.1 Å². The van der Waals surface area contributed by atoms with Gasteiger partial charge in [0, 0.05) is 17.5 Å². The van der Waals surface area contributed by atoms with Gasteiger partial charge in [0.1, 0.15) is 23.4 Å². The molecule has 0 amide bonds. The van der Waals surface area contributed by atoms with Gasteiger partial charge in [-0.25, -0.2) is 21.6 Å². The van der Waals surface area contributed by atoms with Gasteiger partial charge in [0.25, 0.3) is 5.92 Å². The van der Waals surface area contributed by atoms with Crippen LogP contribution in [-0.4, -0.2) is 25.2 Å². The maximum Gasteiger partial charge on any atom is 0.341 e. The molecule has 2 aromatic carbocycles. The highest BCUT2D eigenvalue weighted by Crippen LogP contribution is 2.50. The van der Waals surface area contributed by atoms with Crippen LogP contribution in [0.3, 0.4) is 0 Å². The highest BCUT2D eigenvalue weighted by Gasteiger charge is 2.51. The molecule has 1 N–H and O–H groups in total. The minimum Gasteiger partial charge on any atom is -0.457 e. The molecule has 1 aliphatic rings. The second kappa shape index (κ2) is 6.45. The number of ether oxygens (including phenoxy) is 1. The lowest BCUT2D eigenvalue weighted by Crippen LogP contribution is -2.23. The van der Waals surface area contributed by atoms with Gasteiger partial charge in [-0.05, 0) is 42.8 Å². The lowest BCUT2D eigenvalue weighted by Gasteiger charge is -2.16. The zero-order valence-electron chi connectivity index (χ0n) is 13.7. The summed E-state index contributed by atoms with van der Waals surface area (Å²) >= 11 is 0. The number of sulfone groups is 1. The molecule has 0 aromatic heterocycles. The van der Waals surface area contributed by atoms with E-state index >= 15 is 0 Å². The minimum absolute atomic E-state index is 0.0743. The van der Waals surface area contributed by atoms with Crippen molar-refractivity contribution >= 4 is 9.84 Å². The van der Waals surface area contributed by atoms with Crippen molar-refractivity contribution in [1.82, 2.24) is 0 Å². The number of halogens is 5. The van der Waals surface area contributed by atoms with E-state index in [9.17, 15) is 35.5 Å². The topological polar surface area (TPSA) is 63.6 Å². The Labute approximate surface area is 151 Å². The van der Waals surface area contributed by atoms with E-state index in [4.69, 9.17) is 4.74 Å². The molecule has 10 heteroatoms. The maximum atomic E-state index is 14.0. The van der Waals surface area contributed by atoms with Crippen LogP contribution in [0.25, 0.3) is 0 Å². The van der Waals surface area contributed by atoms with Gasteiger partial charge in [0.15, 0.2) is 0 Å². The monoisotopic (exact) mass is 408 g/mol. The van der Waals surface area contributed by atoms with Crippen molar-refractivity contribution < 1.29 is 40.2 Å². The molecule has 4 nitrogen and oxygen atoms in total. The number of rotatable bonds is 4. The van der Waals surface area contributed by atoms with E-state index in [2.05, 4.69) is 0 Å². The summed E-state index contributed by atoms with van der Waals surface area (Å²) in [7, 11) is -5.22. The van der Waals surface area contributed by atoms with Crippen LogP contribution in [0.15, 0.2) is 35.2 Å². The van der Waals surface area contributed by atoms with Crippen LogP contribution in [0.4, 0.5) is 22.0 Å². The number of hydrogen-bond acceptors (Lipinski definition) is 4. The van der Waals surface area contributed by atoms with Gasteiger partial charge in [0.05, 0.1) is 4.90 Å². The fraction of sp³-hybridized carbons (Fsp3) is 0.294. The average Bonchev–Trinajstić information content (AvgIpc) is 2.82. The van der Waals surface area contributed by atoms with Gasteiger partial charge in [-0.15, -0.1) is 0 Å². The summed E-state index contributed by atoms with van der Waals surface area (Å²) < 4.78 is 96.2. The van der Waals surface area contributed by atoms with Gasteiger partial charge in [0.2, 0.25) is 9.84 Å². The van der Waals surface area contributed by atoms with Crippen molar-refractivity contribution in [3.63, 3.8) is 0 Å². The molecule has 1 unspecified atom stereocenters. The summed E-state index contributed by atoms with van der Waals surface area (Å²) in [6.07, 6.45) is -3.67. The number of fused-ring (bicyclic) bond motifs is 1. The largest absolute Gasteiger partial charge is 0.457 e. The first kappa shape index (κ1) is 19.6. The van der Waals surface area contributed by atoms with Crippen molar-refractivity contribution in [2.24, 2.45) is 0 Å². The molecule has 27 heavy (non-hydrogen) atoms. The standard InChI is InChI=1S/C17H13F5O4S/c1-8-6-9(2-3-11(8)18)26-12-4-5-13(27(24,25)16(19)20)14-10(12)7-17(21,22)15(14)23/h2-6,15-16,23H,7H2,1H3. The molecular formula is C17H13F5O4S. The van der Waals surface area contributed by atoms with E-state index in [1.807, 2.05) is 0 Å². The van der Waals surface area contributed by atoms with Crippen LogP contribution in [0, 0.1) is 12.7 Å². The number of aliphatic hydroxyl groups excluding tert-OH is 1. The molecule has 1 atom stereocenters. The van der Waals surface area contributed by atoms with Crippen molar-refractivity contribution in [2.45, 2.75) is 36.0 Å². The normalized spacial score (nSPS) is 18.6. The lowest BCUT2D eigenvalue weighted by molar-refractivity contribution is -0.0976. The molecule has 0 bridgehead atoms. The SMILES string of the molecule is Cc1cc(Oc2ccc(S(=O)(=O)C(F)F)c3c2CC(F)(F)C3O)ccc1F. The number of aryl methyl sites for hydroxylation is 1. The van der Waals surface area contributed by atoms with Crippen molar-refractivity contribution in [3.8, 4) is 11.5 Å². The second-order valence-corrected chi connectivity index (χ2v) is 8.00. The van der Waals surface area contributed by atoms with Gasteiger partial charge >= 0.3 is 5.76 Å². The Bertz CT molecular complexity index is 1000. The van der Waals surface area contributed by atoms with Crippen LogP contribution >= 0.6 is 0 Å². The highest BCUT2D eigenvalue weighted by molar-refractivity contribution is 7.91. The molecule has 0 spiro atoms. The van der Waals surface area contributed by atoms with Crippen LogP contribution in [0.1, 0.15) is 22.8 Å². The van der Waals surface area contributed by atoms with Crippen LogP contribution < -0.4 is 4.74 Å². The van der Waals surface area contributed by atoms with Gasteiger partial charge in [-0.1, -0.05) is 0 Å². The predicted octanol–water partition coefficient (Wildman–Crippen LogP) is 4.15. The van der Waals surface area contributed by atoms with E-state index in [1.54, 1.807) is 0 Å². The van der Waals surface area contributed by atoms with Gasteiger partial charge < -0.3 is 9.84 Å². The highest BCUT2D eigenvalue weighted by atomic mass is 32.2. The Morgan fingerprint density at radius 2 is 1.89 bits per heavy atom. The first-order chi connectivity index (χ1) is 12.4. The number of benzene rings is 2. The maximum absolute atomic E-state index is 14.0. The Morgan fingerprint density at radius 3 is 2.48 bits per heavy atom. The molecule has 0 saturated heterocycles. The molecule has 1 aliphatic carbocycles. The summed E-state index contributed by atoms with van der Waals surface area (Å²) in [5.41, 5.74) is -0.987. The average molecular weight is 408 g/mol. The zero-order chi connectivity index (χ0) is 20.1. The third-order valence-corrected chi connectivity index (χ3v) is 5.70. The van der Waals surface area contributed by atoms with Crippen LogP contribution in [-0.2, 0) is 16.3 Å². The first-order valence-corrected chi connectivity index (χ1v) is 9.17. The smallest absolute Gasteiger partial charge is 0.341 e. The molecule has 2 aromatic rings. The van der Waals surface area contributed by atoms with Crippen molar-refractivity contribution in [2.75, 3.05) is 0 Å². The molecule has 0 heterocycles. The summed E-state index contributed by atoms with van der Waals surface area (Å²) in [6.45, 7) is 1.45. The second-order valence-electron chi connectivity index (χ2n) is 6.11. The third-order valence-electron chi connectivity index (χ3n) is 4.26. The Kier molecular flexibility index (Phi) is 4.67. The van der Waals surface area contributed by atoms with E-state index in [0.717, 1.165) is 12.1 Å². The predicted molar refractivity (Wildman–Crippen MR) is 84.5 cm³/mol. The Hall–Kier alpha value is -2.20. The molecule has 0 radical (unpaired) electrons. The molecule has 146 valence electrons. The Morgan fingerprint density at radius 1 is 1.22 bits per heavy atom. The van der Waals surface area contributed by atoms with Gasteiger partial charge in [-0.3, -0.25) is 0 Å². The van der Waals surface area contributed by atoms with Crippen LogP contribution in [0.2, 0.25) is 0 Å². The third kappa shape index (κ3) is 3.27. The zero-order valence-corrected chi connectivity index (χ0v) is 14.5. The Balaban J connectivity index is 2.15. The van der Waals surface area contributed by atoms with E-state index in [0.29, 0.717) is 6.07 Å². The van der Waals surface area contributed by atoms with E-state index < -0.39 is 55.9 Å². The van der Waals surface area contributed by atoms with Crippen molar-refractivity contribution in [3.05, 3.63) is 52.8 Å². The van der Waals surface area contributed by atoms with Crippen molar-refractivity contribution in [1.29, 1.82) is 0 Å². The quantitative estimate of drug-likeness (QED) is 0.773. The number of alkyl halides is 4. The summed E-state index contributed by atoms with van der Waals surface area (Å²) in [4.78, 5) is -1.07. The summed E-state index contributed by atoms with van der Waals surface area (Å²) in [5.74, 6) is -8.28. The molecule has 0 saturated carbocycles. The van der Waals surface area contributed by atoms with E-state index in [1.165, 1.54) is 19.1 Å². The summed E-state index contributed by atoms with van der Waals surface area (Å²) in [5, 5.41) is 9.84. The summed E-state index contributed by atoms with van der Waals surface area (Å²) in [6, 6.07) is 5.25. The minimum atomic E-state index is -5.22. The fourth-order valence-corrected chi connectivity index (χ4v) is 3.89. The number of hydrogen-bond donors (Lipinski definition) is 1. The van der Waals surface area contributed by atoms with Crippen LogP contribution in [0.5, 0.6) is 11.5 Å². The fourth-order valence-electron chi connectivity index (χ4n) is 2.90. The first-order valence-electron chi connectivity index (χ1n) is 7.63. The number of aliphatic hydroxyl groups is 1. The molecule has 0 fully saturated rings. The molecule has 3 rings (SSSR count). The lowest BCUT2D eigenvalue weighted by atomic mass is 10.1. The van der Waals surface area contributed by atoms with Gasteiger partial charge in [-0.2, -0.15) is 8.78 Å².